The summed E-state index contributed by atoms with van der Waals surface area (Å²) in [4.78, 5) is 10.4. The molecule has 0 atom stereocenters. The molecule has 5 heteroatoms. The Morgan fingerprint density at radius 2 is 2.40 bits per heavy atom. The fourth-order valence-electron chi connectivity index (χ4n) is 0.535. The number of halogens is 1. The molecule has 1 aromatic heterocycles. The summed E-state index contributed by atoms with van der Waals surface area (Å²) < 4.78 is 4.57. The molecule has 1 rings (SSSR count). The number of carbonyl (C=O) groups is 1. The average Bonchev–Trinajstić information content (AvgIpc) is 2.13. The molecular weight excluding hydrogens is 156 g/mol. The van der Waals surface area contributed by atoms with Crippen molar-refractivity contribution >= 4 is 18.3 Å². The largest absolute Gasteiger partial charge is 0.365 e. The second-order valence-corrected chi connectivity index (χ2v) is 1.66. The van der Waals surface area contributed by atoms with Crippen molar-refractivity contribution < 1.29 is 9.32 Å². The Morgan fingerprint density at radius 3 is 2.60 bits per heavy atom. The summed E-state index contributed by atoms with van der Waals surface area (Å²) in [7, 11) is 0. The lowest BCUT2D eigenvalue weighted by atomic mass is 10.3. The van der Waals surface area contributed by atoms with E-state index in [9.17, 15) is 4.79 Å². The zero-order valence-corrected chi connectivity index (χ0v) is 6.14. The zero-order chi connectivity index (χ0) is 6.85. The number of primary amides is 1. The van der Waals surface area contributed by atoms with E-state index in [1.807, 2.05) is 0 Å². The van der Waals surface area contributed by atoms with Crippen LogP contribution in [0.25, 0.3) is 0 Å². The van der Waals surface area contributed by atoms with Crippen LogP contribution in [0.15, 0.2) is 10.7 Å². The normalized spacial score (nSPS) is 8.50. The summed E-state index contributed by atoms with van der Waals surface area (Å²) in [5.74, 6) is -0.0451. The van der Waals surface area contributed by atoms with Crippen molar-refractivity contribution in [3.05, 3.63) is 17.5 Å². The van der Waals surface area contributed by atoms with Crippen molar-refractivity contribution in [1.82, 2.24) is 5.16 Å². The molecule has 1 aromatic rings. The minimum Gasteiger partial charge on any atom is -0.365 e. The van der Waals surface area contributed by atoms with Crippen LogP contribution in [0.4, 0.5) is 0 Å². The number of aryl methyl sites for hydroxylation is 1. The predicted molar refractivity (Wildman–Crippen MR) is 37.0 cm³/mol. The number of hydrogen-bond acceptors (Lipinski definition) is 3. The minimum absolute atomic E-state index is 0. The molecule has 1 heterocycles. The van der Waals surface area contributed by atoms with Gasteiger partial charge in [0.15, 0.2) is 0 Å². The lowest BCUT2D eigenvalue weighted by Gasteiger charge is -1.84. The van der Waals surface area contributed by atoms with E-state index in [0.29, 0.717) is 11.3 Å². The fraction of sp³-hybridized carbons (Fsp3) is 0.200. The van der Waals surface area contributed by atoms with E-state index in [4.69, 9.17) is 5.73 Å². The highest BCUT2D eigenvalue weighted by atomic mass is 35.5. The molecule has 0 unspecified atom stereocenters. The third-order valence-corrected chi connectivity index (χ3v) is 1.02. The SMILES string of the molecule is Cc1oncc1C(N)=O.Cl. The van der Waals surface area contributed by atoms with Gasteiger partial charge in [-0.3, -0.25) is 4.79 Å². The Morgan fingerprint density at radius 1 is 1.80 bits per heavy atom. The highest BCUT2D eigenvalue weighted by Gasteiger charge is 2.06. The summed E-state index contributed by atoms with van der Waals surface area (Å²) in [5, 5.41) is 3.37. The van der Waals surface area contributed by atoms with Crippen molar-refractivity contribution in [2.75, 3.05) is 0 Å². The van der Waals surface area contributed by atoms with Crippen molar-refractivity contribution in [1.29, 1.82) is 0 Å². The van der Waals surface area contributed by atoms with Gasteiger partial charge in [0.05, 0.1) is 6.20 Å². The number of amides is 1. The van der Waals surface area contributed by atoms with E-state index in [1.54, 1.807) is 6.92 Å². The van der Waals surface area contributed by atoms with Crippen LogP contribution in [-0.4, -0.2) is 11.1 Å². The van der Waals surface area contributed by atoms with E-state index in [0.717, 1.165) is 0 Å². The molecule has 0 aliphatic carbocycles. The van der Waals surface area contributed by atoms with Crippen LogP contribution >= 0.6 is 12.4 Å². The third-order valence-electron chi connectivity index (χ3n) is 1.02. The van der Waals surface area contributed by atoms with Gasteiger partial charge in [-0.25, -0.2) is 0 Å². The van der Waals surface area contributed by atoms with E-state index in [1.165, 1.54) is 6.20 Å². The standard InChI is InChI=1S/C5H6N2O2.ClH/c1-3-4(5(6)8)2-7-9-3;/h2H,1H3,(H2,6,8);1H. The molecule has 0 aliphatic rings. The molecule has 0 bridgehead atoms. The topological polar surface area (TPSA) is 69.1 Å². The summed E-state index contributed by atoms with van der Waals surface area (Å²) in [6.45, 7) is 1.63. The van der Waals surface area contributed by atoms with Crippen LogP contribution in [0.5, 0.6) is 0 Å². The lowest BCUT2D eigenvalue weighted by Crippen LogP contribution is -2.10. The molecule has 0 radical (unpaired) electrons. The average molecular weight is 163 g/mol. The van der Waals surface area contributed by atoms with E-state index >= 15 is 0 Å². The van der Waals surface area contributed by atoms with Crippen LogP contribution in [0.3, 0.4) is 0 Å². The lowest BCUT2D eigenvalue weighted by molar-refractivity contribution is 0.0999. The molecule has 2 N–H and O–H groups in total. The van der Waals surface area contributed by atoms with Gasteiger partial charge in [-0.15, -0.1) is 12.4 Å². The summed E-state index contributed by atoms with van der Waals surface area (Å²) >= 11 is 0. The summed E-state index contributed by atoms with van der Waals surface area (Å²) in [6.07, 6.45) is 1.30. The molecule has 0 saturated heterocycles. The van der Waals surface area contributed by atoms with Crippen LogP contribution in [0, 0.1) is 6.92 Å². The molecule has 56 valence electrons. The van der Waals surface area contributed by atoms with Gasteiger partial charge in [-0.05, 0) is 6.92 Å². The maximum atomic E-state index is 10.4. The maximum absolute atomic E-state index is 10.4. The molecule has 1 amide bonds. The fourth-order valence-corrected chi connectivity index (χ4v) is 0.535. The molecule has 10 heavy (non-hydrogen) atoms. The number of rotatable bonds is 1. The van der Waals surface area contributed by atoms with Crippen LogP contribution in [0.2, 0.25) is 0 Å². The Bertz CT molecular complexity index is 233. The van der Waals surface area contributed by atoms with Gasteiger partial charge >= 0.3 is 0 Å². The van der Waals surface area contributed by atoms with Gasteiger partial charge in [0.1, 0.15) is 11.3 Å². The van der Waals surface area contributed by atoms with Crippen LogP contribution in [0.1, 0.15) is 16.1 Å². The number of nitrogens with zero attached hydrogens (tertiary/aromatic N) is 1. The number of nitrogens with two attached hydrogens (primary N) is 1. The quantitative estimate of drug-likeness (QED) is 0.654. The minimum atomic E-state index is -0.506. The first-order valence-corrected chi connectivity index (χ1v) is 2.43. The highest BCUT2D eigenvalue weighted by Crippen LogP contribution is 2.02. The Balaban J connectivity index is 0.000000810. The van der Waals surface area contributed by atoms with Crippen LogP contribution < -0.4 is 5.73 Å². The first-order valence-electron chi connectivity index (χ1n) is 2.43. The first-order chi connectivity index (χ1) is 4.22. The third kappa shape index (κ3) is 1.48. The summed E-state index contributed by atoms with van der Waals surface area (Å²) in [6, 6.07) is 0. The zero-order valence-electron chi connectivity index (χ0n) is 5.33. The molecule has 0 fully saturated rings. The van der Waals surface area contributed by atoms with Gasteiger partial charge in [-0.1, -0.05) is 5.16 Å². The summed E-state index contributed by atoms with van der Waals surface area (Å²) in [5.41, 5.74) is 5.26. The first kappa shape index (κ1) is 8.97. The molecule has 4 nitrogen and oxygen atoms in total. The van der Waals surface area contributed by atoms with E-state index < -0.39 is 5.91 Å². The number of aromatic nitrogens is 1. The van der Waals surface area contributed by atoms with Crippen molar-refractivity contribution in [2.24, 2.45) is 5.73 Å². The Hall–Kier alpha value is -1.03. The van der Waals surface area contributed by atoms with E-state index in [-0.39, 0.29) is 12.4 Å². The molecule has 0 aromatic carbocycles. The number of hydrogen-bond donors (Lipinski definition) is 1. The van der Waals surface area contributed by atoms with Crippen LogP contribution in [-0.2, 0) is 0 Å². The smallest absolute Gasteiger partial charge is 0.253 e. The number of carbonyl (C=O) groups excluding carboxylic acids is 1. The molecule has 0 aliphatic heterocycles. The van der Waals surface area contributed by atoms with Gasteiger partial charge in [0.2, 0.25) is 0 Å². The monoisotopic (exact) mass is 162 g/mol. The molecular formula is C5H7ClN2O2. The molecule has 0 saturated carbocycles. The van der Waals surface area contributed by atoms with Gasteiger partial charge in [-0.2, -0.15) is 0 Å². The molecule has 0 spiro atoms. The second-order valence-electron chi connectivity index (χ2n) is 1.66. The second kappa shape index (κ2) is 3.22. The van der Waals surface area contributed by atoms with Crippen molar-refractivity contribution in [3.8, 4) is 0 Å². The highest BCUT2D eigenvalue weighted by molar-refractivity contribution is 5.93. The maximum Gasteiger partial charge on any atom is 0.253 e. The predicted octanol–water partition coefficient (Wildman–Crippen LogP) is 0.504. The van der Waals surface area contributed by atoms with Gasteiger partial charge in [0, 0.05) is 0 Å². The van der Waals surface area contributed by atoms with Gasteiger partial charge in [0.25, 0.3) is 5.91 Å². The van der Waals surface area contributed by atoms with E-state index in [2.05, 4.69) is 9.68 Å². The Kier molecular flexibility index (Phi) is 2.89. The van der Waals surface area contributed by atoms with Crippen molar-refractivity contribution in [2.45, 2.75) is 6.92 Å². The Labute approximate surface area is 63.8 Å². The van der Waals surface area contributed by atoms with Gasteiger partial charge < -0.3 is 10.3 Å². The van der Waals surface area contributed by atoms with Crippen molar-refractivity contribution in [3.63, 3.8) is 0 Å².